The summed E-state index contributed by atoms with van der Waals surface area (Å²) < 4.78 is 0. The summed E-state index contributed by atoms with van der Waals surface area (Å²) in [6, 6.07) is 0. The van der Waals surface area contributed by atoms with Crippen LogP contribution < -0.4 is 5.32 Å². The summed E-state index contributed by atoms with van der Waals surface area (Å²) in [4.78, 5) is 11.4. The zero-order valence-electron chi connectivity index (χ0n) is 8.66. The molecular formula is C9H15ClN4O. The van der Waals surface area contributed by atoms with E-state index in [1.165, 1.54) is 6.20 Å². The number of aromatic nitrogens is 3. The second kappa shape index (κ2) is 6.40. The van der Waals surface area contributed by atoms with E-state index >= 15 is 0 Å². The van der Waals surface area contributed by atoms with Crippen molar-refractivity contribution >= 4 is 17.5 Å². The van der Waals surface area contributed by atoms with Gasteiger partial charge in [0.05, 0.1) is 6.20 Å². The zero-order chi connectivity index (χ0) is 11.1. The van der Waals surface area contributed by atoms with Crippen molar-refractivity contribution in [2.45, 2.75) is 19.8 Å². The van der Waals surface area contributed by atoms with Gasteiger partial charge in [-0.15, -0.1) is 11.6 Å². The van der Waals surface area contributed by atoms with E-state index < -0.39 is 0 Å². The standard InChI is InChI=1S/C9H15ClN4O/c1-7(5-10)3-2-4-11-9(15)8-6-12-14-13-8/h6-7H,2-5H2,1H3,(H,11,15)(H,12,13,14). The largest absolute Gasteiger partial charge is 0.351 e. The van der Waals surface area contributed by atoms with Crippen molar-refractivity contribution in [1.82, 2.24) is 20.7 Å². The van der Waals surface area contributed by atoms with Crippen LogP contribution in [0, 0.1) is 5.92 Å². The number of aromatic amines is 1. The van der Waals surface area contributed by atoms with E-state index in [-0.39, 0.29) is 5.91 Å². The molecule has 6 heteroatoms. The first kappa shape index (κ1) is 12.0. The highest BCUT2D eigenvalue weighted by atomic mass is 35.5. The minimum Gasteiger partial charge on any atom is -0.351 e. The number of alkyl halides is 1. The van der Waals surface area contributed by atoms with Crippen LogP contribution in [0.4, 0.5) is 0 Å². The van der Waals surface area contributed by atoms with Crippen molar-refractivity contribution in [2.24, 2.45) is 5.92 Å². The van der Waals surface area contributed by atoms with Crippen LogP contribution in [0.15, 0.2) is 6.20 Å². The lowest BCUT2D eigenvalue weighted by molar-refractivity contribution is 0.0947. The first-order valence-corrected chi connectivity index (χ1v) is 5.47. The van der Waals surface area contributed by atoms with E-state index in [0.717, 1.165) is 12.8 Å². The summed E-state index contributed by atoms with van der Waals surface area (Å²) in [6.45, 7) is 2.74. The van der Waals surface area contributed by atoms with Gasteiger partial charge < -0.3 is 5.32 Å². The highest BCUT2D eigenvalue weighted by molar-refractivity contribution is 6.18. The number of amides is 1. The van der Waals surface area contributed by atoms with Gasteiger partial charge in [-0.2, -0.15) is 15.4 Å². The van der Waals surface area contributed by atoms with Crippen LogP contribution in [0.2, 0.25) is 0 Å². The van der Waals surface area contributed by atoms with Crippen molar-refractivity contribution in [3.63, 3.8) is 0 Å². The zero-order valence-corrected chi connectivity index (χ0v) is 9.42. The topological polar surface area (TPSA) is 70.7 Å². The fraction of sp³-hybridized carbons (Fsp3) is 0.667. The van der Waals surface area contributed by atoms with Gasteiger partial charge in [0, 0.05) is 12.4 Å². The van der Waals surface area contributed by atoms with Crippen LogP contribution in [0.5, 0.6) is 0 Å². The third-order valence-corrected chi connectivity index (χ3v) is 2.60. The maximum Gasteiger partial charge on any atom is 0.273 e. The lowest BCUT2D eigenvalue weighted by Gasteiger charge is -2.06. The summed E-state index contributed by atoms with van der Waals surface area (Å²) in [5.74, 6) is 0.968. The third-order valence-electron chi connectivity index (χ3n) is 2.07. The molecular weight excluding hydrogens is 216 g/mol. The van der Waals surface area contributed by atoms with Crippen molar-refractivity contribution in [1.29, 1.82) is 0 Å². The summed E-state index contributed by atoms with van der Waals surface area (Å²) in [7, 11) is 0. The molecule has 15 heavy (non-hydrogen) atoms. The molecule has 0 fully saturated rings. The van der Waals surface area contributed by atoms with Crippen LogP contribution in [-0.2, 0) is 0 Å². The molecule has 1 atom stereocenters. The number of rotatable bonds is 6. The van der Waals surface area contributed by atoms with Crippen LogP contribution in [0.1, 0.15) is 30.3 Å². The van der Waals surface area contributed by atoms with Crippen molar-refractivity contribution in [3.8, 4) is 0 Å². The minimum atomic E-state index is -0.192. The minimum absolute atomic E-state index is 0.192. The fourth-order valence-corrected chi connectivity index (χ4v) is 1.29. The number of hydrogen-bond donors (Lipinski definition) is 2. The Labute approximate surface area is 93.6 Å². The molecule has 1 aromatic rings. The number of nitrogens with zero attached hydrogens (tertiary/aromatic N) is 2. The van der Waals surface area contributed by atoms with E-state index in [1.807, 2.05) is 0 Å². The van der Waals surface area contributed by atoms with Gasteiger partial charge in [0.2, 0.25) is 0 Å². The first-order chi connectivity index (χ1) is 7.24. The van der Waals surface area contributed by atoms with Gasteiger partial charge in [-0.3, -0.25) is 4.79 Å². The third kappa shape index (κ3) is 4.29. The average Bonchev–Trinajstić information content (AvgIpc) is 2.77. The predicted molar refractivity (Wildman–Crippen MR) is 57.8 cm³/mol. The van der Waals surface area contributed by atoms with E-state index in [4.69, 9.17) is 11.6 Å². The molecule has 1 heterocycles. The molecule has 1 rings (SSSR count). The molecule has 0 aliphatic carbocycles. The molecule has 1 amide bonds. The predicted octanol–water partition coefficient (Wildman–Crippen LogP) is 1.19. The van der Waals surface area contributed by atoms with E-state index in [9.17, 15) is 4.79 Å². The maximum absolute atomic E-state index is 11.4. The van der Waals surface area contributed by atoms with E-state index in [0.29, 0.717) is 24.0 Å². The number of H-pyrrole nitrogens is 1. The summed E-state index contributed by atoms with van der Waals surface area (Å²) in [6.07, 6.45) is 3.34. The molecule has 2 N–H and O–H groups in total. The second-order valence-electron chi connectivity index (χ2n) is 3.51. The van der Waals surface area contributed by atoms with Crippen molar-refractivity contribution < 1.29 is 4.79 Å². The average molecular weight is 231 g/mol. The Morgan fingerprint density at radius 1 is 1.73 bits per heavy atom. The van der Waals surface area contributed by atoms with Gasteiger partial charge >= 0.3 is 0 Å². The van der Waals surface area contributed by atoms with E-state index in [1.54, 1.807) is 0 Å². The fourth-order valence-electron chi connectivity index (χ4n) is 1.13. The van der Waals surface area contributed by atoms with Gasteiger partial charge in [-0.1, -0.05) is 6.92 Å². The number of halogens is 1. The Kier molecular flexibility index (Phi) is 5.10. The first-order valence-electron chi connectivity index (χ1n) is 4.94. The number of carbonyl (C=O) groups is 1. The van der Waals surface area contributed by atoms with Crippen LogP contribution in [-0.4, -0.2) is 33.7 Å². The Bertz CT molecular complexity index is 288. The molecule has 0 aliphatic rings. The summed E-state index contributed by atoms with van der Waals surface area (Å²) >= 11 is 5.66. The summed E-state index contributed by atoms with van der Waals surface area (Å²) in [5.41, 5.74) is 0.320. The highest BCUT2D eigenvalue weighted by Gasteiger charge is 2.07. The molecule has 0 saturated carbocycles. The lowest BCUT2D eigenvalue weighted by Crippen LogP contribution is -2.25. The molecule has 0 aliphatic heterocycles. The molecule has 0 bridgehead atoms. The highest BCUT2D eigenvalue weighted by Crippen LogP contribution is 2.06. The van der Waals surface area contributed by atoms with Crippen LogP contribution in [0.25, 0.3) is 0 Å². The molecule has 1 unspecified atom stereocenters. The Morgan fingerprint density at radius 2 is 2.53 bits per heavy atom. The number of hydrogen-bond acceptors (Lipinski definition) is 3. The Hall–Kier alpha value is -1.10. The maximum atomic E-state index is 11.4. The second-order valence-corrected chi connectivity index (χ2v) is 3.82. The quantitative estimate of drug-likeness (QED) is 0.570. The van der Waals surface area contributed by atoms with Gasteiger partial charge in [0.25, 0.3) is 5.91 Å². The smallest absolute Gasteiger partial charge is 0.273 e. The number of carbonyl (C=O) groups excluding carboxylic acids is 1. The molecule has 0 radical (unpaired) electrons. The van der Waals surface area contributed by atoms with Crippen LogP contribution in [0.3, 0.4) is 0 Å². The molecule has 5 nitrogen and oxygen atoms in total. The van der Waals surface area contributed by atoms with Crippen molar-refractivity contribution in [2.75, 3.05) is 12.4 Å². The molecule has 1 aromatic heterocycles. The van der Waals surface area contributed by atoms with Crippen LogP contribution >= 0.6 is 11.6 Å². The molecule has 0 saturated heterocycles. The molecule has 0 spiro atoms. The van der Waals surface area contributed by atoms with Gasteiger partial charge in [-0.25, -0.2) is 0 Å². The molecule has 0 aromatic carbocycles. The van der Waals surface area contributed by atoms with Gasteiger partial charge in [-0.05, 0) is 18.8 Å². The summed E-state index contributed by atoms with van der Waals surface area (Å²) in [5, 5.41) is 12.4. The van der Waals surface area contributed by atoms with E-state index in [2.05, 4.69) is 27.7 Å². The normalized spacial score (nSPS) is 12.4. The monoisotopic (exact) mass is 230 g/mol. The Balaban J connectivity index is 2.13. The Morgan fingerprint density at radius 3 is 3.13 bits per heavy atom. The van der Waals surface area contributed by atoms with Gasteiger partial charge in [0.15, 0.2) is 5.69 Å². The molecule has 84 valence electrons. The van der Waals surface area contributed by atoms with Crippen molar-refractivity contribution in [3.05, 3.63) is 11.9 Å². The lowest BCUT2D eigenvalue weighted by atomic mass is 10.1. The SMILES string of the molecule is CC(CCl)CCCNC(=O)c1cn[nH]n1. The number of nitrogens with one attached hydrogen (secondary N) is 2. The van der Waals surface area contributed by atoms with Gasteiger partial charge in [0.1, 0.15) is 0 Å².